The number of rotatable bonds is 7. The van der Waals surface area contributed by atoms with Gasteiger partial charge in [0.25, 0.3) is 0 Å². The van der Waals surface area contributed by atoms with Crippen molar-refractivity contribution < 1.29 is 19.4 Å². The minimum Gasteiger partial charge on any atom is -0.480 e. The van der Waals surface area contributed by atoms with E-state index in [2.05, 4.69) is 15.0 Å². The molecule has 1 amide bonds. The molecule has 150 valence electrons. The maximum absolute atomic E-state index is 11.9. The molecule has 4 rings (SSSR count). The van der Waals surface area contributed by atoms with Gasteiger partial charge in [-0.2, -0.15) is 0 Å². The van der Waals surface area contributed by atoms with E-state index in [9.17, 15) is 9.59 Å². The van der Waals surface area contributed by atoms with Crippen LogP contribution < -0.4 is 10.6 Å². The van der Waals surface area contributed by atoms with Crippen molar-refractivity contribution in [2.24, 2.45) is 5.73 Å². The number of benzene rings is 1. The number of carboxylic acid groups (broad SMARTS) is 1. The highest BCUT2D eigenvalue weighted by molar-refractivity contribution is 5.90. The van der Waals surface area contributed by atoms with Crippen molar-refractivity contribution in [3.8, 4) is 11.4 Å². The summed E-state index contributed by atoms with van der Waals surface area (Å²) in [6, 6.07) is 9.01. The Morgan fingerprint density at radius 1 is 1.24 bits per heavy atom. The van der Waals surface area contributed by atoms with Crippen LogP contribution in [0.25, 0.3) is 22.6 Å². The SMILES string of the molecule is NC(=O)[C@@H]1CCCN1c1nc(-c2ccccc2)nc2nc(COCC(=O)O)[nH]c12. The van der Waals surface area contributed by atoms with Gasteiger partial charge in [-0.1, -0.05) is 30.3 Å². The molecule has 4 N–H and O–H groups in total. The molecular weight excluding hydrogens is 376 g/mol. The number of nitrogens with one attached hydrogen (secondary N) is 1. The van der Waals surface area contributed by atoms with Gasteiger partial charge in [0.1, 0.15) is 30.6 Å². The molecule has 0 radical (unpaired) electrons. The molecule has 0 spiro atoms. The number of imidazole rings is 1. The largest absolute Gasteiger partial charge is 0.480 e. The lowest BCUT2D eigenvalue weighted by atomic mass is 10.2. The van der Waals surface area contributed by atoms with Crippen molar-refractivity contribution in [3.63, 3.8) is 0 Å². The molecule has 0 bridgehead atoms. The van der Waals surface area contributed by atoms with Crippen molar-refractivity contribution in [1.82, 2.24) is 19.9 Å². The fraction of sp³-hybridized carbons (Fsp3) is 0.316. The number of nitrogens with zero attached hydrogens (tertiary/aromatic N) is 4. The summed E-state index contributed by atoms with van der Waals surface area (Å²) in [4.78, 5) is 41.2. The topological polar surface area (TPSA) is 147 Å². The zero-order valence-electron chi connectivity index (χ0n) is 15.5. The van der Waals surface area contributed by atoms with E-state index < -0.39 is 24.5 Å². The number of carbonyl (C=O) groups excluding carboxylic acids is 1. The van der Waals surface area contributed by atoms with Crippen molar-refractivity contribution >= 4 is 28.9 Å². The molecule has 1 saturated heterocycles. The Morgan fingerprint density at radius 3 is 2.76 bits per heavy atom. The van der Waals surface area contributed by atoms with E-state index >= 15 is 0 Å². The first kappa shape index (κ1) is 18.8. The third-order valence-corrected chi connectivity index (χ3v) is 4.73. The Morgan fingerprint density at radius 2 is 2.03 bits per heavy atom. The van der Waals surface area contributed by atoms with Crippen LogP contribution in [-0.4, -0.2) is 56.1 Å². The number of hydrogen-bond donors (Lipinski definition) is 3. The summed E-state index contributed by atoms with van der Waals surface area (Å²) in [6.07, 6.45) is 1.48. The van der Waals surface area contributed by atoms with Gasteiger partial charge in [0.15, 0.2) is 17.3 Å². The van der Waals surface area contributed by atoms with Gasteiger partial charge < -0.3 is 25.5 Å². The van der Waals surface area contributed by atoms with Crippen LogP contribution in [0.5, 0.6) is 0 Å². The Labute approximate surface area is 165 Å². The van der Waals surface area contributed by atoms with Gasteiger partial charge in [-0.3, -0.25) is 4.79 Å². The summed E-state index contributed by atoms with van der Waals surface area (Å²) in [5, 5.41) is 8.73. The average molecular weight is 396 g/mol. The van der Waals surface area contributed by atoms with Crippen molar-refractivity contribution in [2.45, 2.75) is 25.5 Å². The number of carboxylic acids is 1. The zero-order chi connectivity index (χ0) is 20.4. The maximum Gasteiger partial charge on any atom is 0.329 e. The first-order chi connectivity index (χ1) is 14.0. The number of anilines is 1. The highest BCUT2D eigenvalue weighted by atomic mass is 16.5. The maximum atomic E-state index is 11.9. The van der Waals surface area contributed by atoms with Gasteiger partial charge in [0.2, 0.25) is 5.91 Å². The minimum atomic E-state index is -1.06. The number of fused-ring (bicyclic) bond motifs is 1. The van der Waals surface area contributed by atoms with Gasteiger partial charge in [-0.05, 0) is 12.8 Å². The summed E-state index contributed by atoms with van der Waals surface area (Å²) in [7, 11) is 0. The number of nitrogens with two attached hydrogens (primary N) is 1. The van der Waals surface area contributed by atoms with Crippen molar-refractivity contribution in [1.29, 1.82) is 0 Å². The predicted octanol–water partition coefficient (Wildman–Crippen LogP) is 1.08. The molecule has 29 heavy (non-hydrogen) atoms. The lowest BCUT2D eigenvalue weighted by Gasteiger charge is -2.23. The molecule has 0 unspecified atom stereocenters. The van der Waals surface area contributed by atoms with E-state index in [1.165, 1.54) is 0 Å². The monoisotopic (exact) mass is 396 g/mol. The van der Waals surface area contributed by atoms with Crippen LogP contribution in [0.4, 0.5) is 5.82 Å². The fourth-order valence-corrected chi connectivity index (χ4v) is 3.47. The first-order valence-electron chi connectivity index (χ1n) is 9.20. The second kappa shape index (κ2) is 7.84. The summed E-state index contributed by atoms with van der Waals surface area (Å²) in [5.74, 6) is -0.00827. The van der Waals surface area contributed by atoms with Gasteiger partial charge in [0.05, 0.1) is 0 Å². The normalized spacial score (nSPS) is 16.4. The number of aromatic nitrogens is 4. The Bertz CT molecular complexity index is 1050. The third-order valence-electron chi connectivity index (χ3n) is 4.73. The summed E-state index contributed by atoms with van der Waals surface area (Å²) in [6.45, 7) is 0.195. The Kier molecular flexibility index (Phi) is 5.09. The lowest BCUT2D eigenvalue weighted by molar-refractivity contribution is -0.142. The highest BCUT2D eigenvalue weighted by Crippen LogP contribution is 2.31. The van der Waals surface area contributed by atoms with Crippen LogP contribution in [0.1, 0.15) is 18.7 Å². The lowest BCUT2D eigenvalue weighted by Crippen LogP contribution is -2.41. The van der Waals surface area contributed by atoms with E-state index in [1.54, 1.807) is 0 Å². The van der Waals surface area contributed by atoms with Gasteiger partial charge in [-0.25, -0.2) is 19.7 Å². The molecule has 10 heteroatoms. The molecule has 0 aliphatic carbocycles. The number of aromatic amines is 1. The third kappa shape index (κ3) is 3.87. The van der Waals surface area contributed by atoms with E-state index in [-0.39, 0.29) is 6.61 Å². The van der Waals surface area contributed by atoms with Gasteiger partial charge >= 0.3 is 5.97 Å². The summed E-state index contributed by atoms with van der Waals surface area (Å²) >= 11 is 0. The van der Waals surface area contributed by atoms with E-state index in [0.29, 0.717) is 41.6 Å². The molecule has 3 aromatic rings. The van der Waals surface area contributed by atoms with Crippen LogP contribution in [0.15, 0.2) is 30.3 Å². The van der Waals surface area contributed by atoms with E-state index in [4.69, 9.17) is 20.6 Å². The first-order valence-corrected chi connectivity index (χ1v) is 9.20. The molecule has 1 aromatic carbocycles. The van der Waals surface area contributed by atoms with Crippen LogP contribution in [0, 0.1) is 0 Å². The number of carbonyl (C=O) groups is 2. The Hall–Kier alpha value is -3.53. The number of primary amides is 1. The summed E-state index contributed by atoms with van der Waals surface area (Å²) < 4.78 is 5.12. The van der Waals surface area contributed by atoms with Crippen LogP contribution in [0.3, 0.4) is 0 Å². The number of H-pyrrole nitrogens is 1. The number of ether oxygens (including phenoxy) is 1. The Balaban J connectivity index is 1.79. The molecule has 10 nitrogen and oxygen atoms in total. The average Bonchev–Trinajstić information content (AvgIpc) is 3.34. The molecule has 3 heterocycles. The number of aliphatic carboxylic acids is 1. The molecule has 2 aromatic heterocycles. The second-order valence-electron chi connectivity index (χ2n) is 6.76. The van der Waals surface area contributed by atoms with Crippen molar-refractivity contribution in [3.05, 3.63) is 36.2 Å². The van der Waals surface area contributed by atoms with E-state index in [0.717, 1.165) is 12.0 Å². The predicted molar refractivity (Wildman–Crippen MR) is 104 cm³/mol. The van der Waals surface area contributed by atoms with Crippen LogP contribution >= 0.6 is 0 Å². The molecule has 1 atom stereocenters. The molecule has 1 aliphatic heterocycles. The fourth-order valence-electron chi connectivity index (χ4n) is 3.47. The second-order valence-corrected chi connectivity index (χ2v) is 6.76. The van der Waals surface area contributed by atoms with Gasteiger partial charge in [-0.15, -0.1) is 0 Å². The highest BCUT2D eigenvalue weighted by Gasteiger charge is 2.32. The molecule has 1 aliphatic rings. The standard InChI is InChI=1S/C19H20N6O4/c20-16(28)12-7-4-8-25(12)19-15-18(22-13(21-15)9-29-10-14(26)27)23-17(24-19)11-5-2-1-3-6-11/h1-3,5-6,12H,4,7-10H2,(H2,20,28)(H,26,27)(H,21,22,23,24)/t12-/m0/s1. The molecular formula is C19H20N6O4. The van der Waals surface area contributed by atoms with Gasteiger partial charge in [0, 0.05) is 12.1 Å². The van der Waals surface area contributed by atoms with E-state index in [1.807, 2.05) is 35.2 Å². The van der Waals surface area contributed by atoms with Crippen LogP contribution in [0.2, 0.25) is 0 Å². The van der Waals surface area contributed by atoms with Crippen LogP contribution in [-0.2, 0) is 20.9 Å². The summed E-state index contributed by atoms with van der Waals surface area (Å²) in [5.41, 5.74) is 7.39. The van der Waals surface area contributed by atoms with Crippen molar-refractivity contribution in [2.75, 3.05) is 18.1 Å². The molecule has 0 saturated carbocycles. The molecule has 1 fully saturated rings. The smallest absolute Gasteiger partial charge is 0.329 e. The number of amides is 1. The zero-order valence-corrected chi connectivity index (χ0v) is 15.5. The minimum absolute atomic E-state index is 0.0119. The number of hydrogen-bond acceptors (Lipinski definition) is 7. The quantitative estimate of drug-likeness (QED) is 0.537.